The lowest BCUT2D eigenvalue weighted by Gasteiger charge is -2.17. The molecule has 0 saturated carbocycles. The Labute approximate surface area is 216 Å². The number of hydrogen-bond donors (Lipinski definition) is 1. The molecule has 8 nitrogen and oxygen atoms in total. The molecule has 188 valence electrons. The van der Waals surface area contributed by atoms with Gasteiger partial charge in [0.1, 0.15) is 23.6 Å². The van der Waals surface area contributed by atoms with Crippen molar-refractivity contribution >= 4 is 38.3 Å². The fourth-order valence-electron chi connectivity index (χ4n) is 4.01. The second kappa shape index (κ2) is 9.72. The summed E-state index contributed by atoms with van der Waals surface area (Å²) in [6.45, 7) is 0. The van der Waals surface area contributed by atoms with Crippen LogP contribution in [0.1, 0.15) is 0 Å². The molecule has 5 rings (SSSR count). The number of sulfonamides is 1. The van der Waals surface area contributed by atoms with Crippen LogP contribution < -0.4 is 14.2 Å². The van der Waals surface area contributed by atoms with Crippen LogP contribution in [0, 0.1) is 5.82 Å². The molecule has 3 aromatic carbocycles. The first-order valence-corrected chi connectivity index (χ1v) is 12.7. The minimum absolute atomic E-state index is 0.0157. The number of pyridine rings is 1. The van der Waals surface area contributed by atoms with Gasteiger partial charge in [0, 0.05) is 33.2 Å². The van der Waals surface area contributed by atoms with Crippen LogP contribution in [-0.2, 0) is 10.0 Å². The molecule has 5 aromatic rings. The van der Waals surface area contributed by atoms with Crippen molar-refractivity contribution in [3.8, 4) is 33.8 Å². The van der Waals surface area contributed by atoms with E-state index in [0.29, 0.717) is 49.7 Å². The van der Waals surface area contributed by atoms with Crippen LogP contribution >= 0.6 is 11.6 Å². The third-order valence-electron chi connectivity index (χ3n) is 5.71. The first kappa shape index (κ1) is 24.5. The maximum absolute atomic E-state index is 13.9. The molecule has 2 heterocycles. The van der Waals surface area contributed by atoms with Crippen molar-refractivity contribution in [2.75, 3.05) is 18.9 Å². The van der Waals surface area contributed by atoms with Crippen molar-refractivity contribution in [1.82, 2.24) is 10.1 Å². The van der Waals surface area contributed by atoms with Crippen molar-refractivity contribution in [3.63, 3.8) is 0 Å². The zero-order valence-corrected chi connectivity index (χ0v) is 21.1. The van der Waals surface area contributed by atoms with Crippen LogP contribution in [-0.4, -0.2) is 32.8 Å². The number of methoxy groups -OCH3 is 2. The van der Waals surface area contributed by atoms with Crippen molar-refractivity contribution in [3.05, 3.63) is 84.0 Å². The molecule has 0 aliphatic rings. The van der Waals surface area contributed by atoms with Gasteiger partial charge in [-0.1, -0.05) is 35.0 Å². The van der Waals surface area contributed by atoms with Crippen molar-refractivity contribution in [2.45, 2.75) is 4.90 Å². The van der Waals surface area contributed by atoms with Crippen molar-refractivity contribution < 1.29 is 26.8 Å². The van der Waals surface area contributed by atoms with Gasteiger partial charge in [-0.05, 0) is 42.0 Å². The van der Waals surface area contributed by atoms with Crippen LogP contribution in [0.15, 0.2) is 82.5 Å². The second-order valence-corrected chi connectivity index (χ2v) is 10.0. The molecule has 0 spiro atoms. The zero-order chi connectivity index (χ0) is 26.2. The highest BCUT2D eigenvalue weighted by Crippen LogP contribution is 2.45. The van der Waals surface area contributed by atoms with Gasteiger partial charge in [-0.3, -0.25) is 9.71 Å². The first-order chi connectivity index (χ1) is 17.8. The standard InChI is InChI=1S/C26H19ClFN3O5S/c1-34-23-13-19(15-4-3-5-16(28)10-15)21(27)12-20(23)26-18-7-6-17(11-22(18)29-14-24(26)35-2)37(32,33)31-25-8-9-36-30-25/h3-14H,1-2H3,(H,30,31). The summed E-state index contributed by atoms with van der Waals surface area (Å²) in [4.78, 5) is 4.38. The van der Waals surface area contributed by atoms with E-state index >= 15 is 0 Å². The van der Waals surface area contributed by atoms with E-state index in [1.807, 2.05) is 0 Å². The molecule has 0 amide bonds. The Morgan fingerprint density at radius 2 is 1.78 bits per heavy atom. The molecular formula is C26H19ClFN3O5S. The fraction of sp³-hybridized carbons (Fsp3) is 0.0769. The maximum Gasteiger partial charge on any atom is 0.263 e. The van der Waals surface area contributed by atoms with Crippen LogP contribution in [0.25, 0.3) is 33.2 Å². The zero-order valence-electron chi connectivity index (χ0n) is 19.5. The Balaban J connectivity index is 1.67. The van der Waals surface area contributed by atoms with E-state index in [1.54, 1.807) is 30.3 Å². The second-order valence-electron chi connectivity index (χ2n) is 7.91. The minimum Gasteiger partial charge on any atom is -0.496 e. The Hall–Kier alpha value is -4.15. The molecule has 0 aliphatic heterocycles. The SMILES string of the molecule is COc1cc(-c2cccc(F)c2)c(Cl)cc1-c1c(OC)cnc2cc(S(=O)(=O)Nc3ccon3)ccc12. The summed E-state index contributed by atoms with van der Waals surface area (Å²) in [6, 6.07) is 15.4. The van der Waals surface area contributed by atoms with Crippen LogP contribution in [0.4, 0.5) is 10.2 Å². The minimum atomic E-state index is -3.95. The summed E-state index contributed by atoms with van der Waals surface area (Å²) in [5.41, 5.74) is 2.77. The number of ether oxygens (including phenoxy) is 2. The monoisotopic (exact) mass is 539 g/mol. The van der Waals surface area contributed by atoms with E-state index in [0.717, 1.165) is 0 Å². The van der Waals surface area contributed by atoms with E-state index in [-0.39, 0.29) is 16.5 Å². The van der Waals surface area contributed by atoms with E-state index in [2.05, 4.69) is 19.4 Å². The fourth-order valence-corrected chi connectivity index (χ4v) is 5.30. The lowest BCUT2D eigenvalue weighted by molar-refractivity contribution is 0.410. The molecule has 37 heavy (non-hydrogen) atoms. The number of fused-ring (bicyclic) bond motifs is 1. The quantitative estimate of drug-likeness (QED) is 0.264. The molecule has 0 atom stereocenters. The van der Waals surface area contributed by atoms with Crippen molar-refractivity contribution in [1.29, 1.82) is 0 Å². The highest BCUT2D eigenvalue weighted by Gasteiger charge is 2.22. The normalized spacial score (nSPS) is 11.5. The number of rotatable bonds is 7. The average molecular weight is 540 g/mol. The van der Waals surface area contributed by atoms with E-state index in [1.165, 1.54) is 57.0 Å². The van der Waals surface area contributed by atoms with E-state index in [9.17, 15) is 12.8 Å². The highest BCUT2D eigenvalue weighted by molar-refractivity contribution is 7.92. The number of nitrogens with zero attached hydrogens (tertiary/aromatic N) is 2. The van der Waals surface area contributed by atoms with Crippen molar-refractivity contribution in [2.24, 2.45) is 0 Å². The molecule has 0 bridgehead atoms. The highest BCUT2D eigenvalue weighted by atomic mass is 35.5. The molecule has 0 unspecified atom stereocenters. The van der Waals surface area contributed by atoms with Gasteiger partial charge in [0.15, 0.2) is 5.82 Å². The number of halogens is 2. The molecule has 0 fully saturated rings. The number of aromatic nitrogens is 2. The summed E-state index contributed by atoms with van der Waals surface area (Å²) >= 11 is 6.66. The molecule has 0 radical (unpaired) electrons. The topological polar surface area (TPSA) is 104 Å². The Kier molecular flexibility index (Phi) is 6.45. The lowest BCUT2D eigenvalue weighted by atomic mass is 9.96. The maximum atomic E-state index is 13.9. The molecule has 0 saturated heterocycles. The smallest absolute Gasteiger partial charge is 0.263 e. The van der Waals surface area contributed by atoms with Gasteiger partial charge in [0.05, 0.1) is 30.8 Å². The summed E-state index contributed by atoms with van der Waals surface area (Å²) in [7, 11) is -0.933. The number of nitrogens with one attached hydrogen (secondary N) is 1. The van der Waals surface area contributed by atoms with Gasteiger partial charge in [0.2, 0.25) is 0 Å². The van der Waals surface area contributed by atoms with Gasteiger partial charge in [0.25, 0.3) is 10.0 Å². The summed E-state index contributed by atoms with van der Waals surface area (Å²) in [5.74, 6) is 0.555. The van der Waals surface area contributed by atoms with Gasteiger partial charge in [-0.25, -0.2) is 12.8 Å². The molecule has 11 heteroatoms. The van der Waals surface area contributed by atoms with E-state index < -0.39 is 10.0 Å². The Bertz CT molecular complexity index is 1730. The third-order valence-corrected chi connectivity index (χ3v) is 7.37. The summed E-state index contributed by atoms with van der Waals surface area (Å²) in [6.07, 6.45) is 2.75. The predicted octanol–water partition coefficient (Wildman–Crippen LogP) is 6.17. The third kappa shape index (κ3) is 4.68. The lowest BCUT2D eigenvalue weighted by Crippen LogP contribution is -2.13. The predicted molar refractivity (Wildman–Crippen MR) is 138 cm³/mol. The molecule has 0 aliphatic carbocycles. The molecule has 2 aromatic heterocycles. The summed E-state index contributed by atoms with van der Waals surface area (Å²) in [5, 5.41) is 4.55. The van der Waals surface area contributed by atoms with Gasteiger partial charge >= 0.3 is 0 Å². The van der Waals surface area contributed by atoms with Gasteiger partial charge < -0.3 is 14.0 Å². The van der Waals surface area contributed by atoms with Gasteiger partial charge in [-0.15, -0.1) is 0 Å². The Morgan fingerprint density at radius 1 is 0.973 bits per heavy atom. The average Bonchev–Trinajstić information content (AvgIpc) is 3.39. The van der Waals surface area contributed by atoms with Crippen LogP contribution in [0.2, 0.25) is 5.02 Å². The van der Waals surface area contributed by atoms with Crippen LogP contribution in [0.5, 0.6) is 11.5 Å². The molecular weight excluding hydrogens is 521 g/mol. The van der Waals surface area contributed by atoms with E-state index in [4.69, 9.17) is 21.1 Å². The Morgan fingerprint density at radius 3 is 2.49 bits per heavy atom. The summed E-state index contributed by atoms with van der Waals surface area (Å²) < 4.78 is 57.9. The number of anilines is 1. The first-order valence-electron chi connectivity index (χ1n) is 10.8. The largest absolute Gasteiger partial charge is 0.496 e. The van der Waals surface area contributed by atoms with Gasteiger partial charge in [-0.2, -0.15) is 0 Å². The van der Waals surface area contributed by atoms with Crippen LogP contribution in [0.3, 0.4) is 0 Å². The number of benzene rings is 3. The molecule has 1 N–H and O–H groups in total. The number of hydrogen-bond acceptors (Lipinski definition) is 7.